The topological polar surface area (TPSA) is 69.4 Å². The van der Waals surface area contributed by atoms with Gasteiger partial charge in [-0.3, -0.25) is 4.18 Å². The summed E-state index contributed by atoms with van der Waals surface area (Å²) in [6.45, 7) is 4.81. The molecule has 0 spiro atoms. The SMILES string of the molecule is CC1(C)C2C[C@@H]1CC[C@@H]2COS(N)(=O)=O. The molecule has 2 N–H and O–H groups in total. The van der Waals surface area contributed by atoms with Crippen LogP contribution in [0.4, 0.5) is 0 Å². The molecule has 2 bridgehead atoms. The van der Waals surface area contributed by atoms with Crippen LogP contribution in [0.5, 0.6) is 0 Å². The minimum absolute atomic E-state index is 0.264. The highest BCUT2D eigenvalue weighted by molar-refractivity contribution is 7.84. The minimum atomic E-state index is -3.77. The number of fused-ring (bicyclic) bond motifs is 2. The predicted molar refractivity (Wildman–Crippen MR) is 57.2 cm³/mol. The maximum Gasteiger partial charge on any atom is 0.333 e. The third-order valence-electron chi connectivity index (χ3n) is 4.45. The van der Waals surface area contributed by atoms with Crippen molar-refractivity contribution in [3.63, 3.8) is 0 Å². The summed E-state index contributed by atoms with van der Waals surface area (Å²) in [5.41, 5.74) is 0.366. The van der Waals surface area contributed by atoms with Gasteiger partial charge in [0.1, 0.15) is 0 Å². The summed E-state index contributed by atoms with van der Waals surface area (Å²) in [4.78, 5) is 0. The Kier molecular flexibility index (Phi) is 2.60. The fourth-order valence-electron chi connectivity index (χ4n) is 3.34. The fraction of sp³-hybridized carbons (Fsp3) is 1.00. The molecule has 0 aromatic rings. The van der Waals surface area contributed by atoms with E-state index in [9.17, 15) is 8.42 Å². The summed E-state index contributed by atoms with van der Waals surface area (Å²) in [6.07, 6.45) is 3.50. The van der Waals surface area contributed by atoms with Crippen LogP contribution in [0.25, 0.3) is 0 Å². The second-order valence-electron chi connectivity index (χ2n) is 5.48. The Bertz CT molecular complexity index is 348. The number of hydrogen-bond donors (Lipinski definition) is 1. The molecule has 0 amide bonds. The second-order valence-corrected chi connectivity index (χ2v) is 6.70. The van der Waals surface area contributed by atoms with Crippen LogP contribution in [0, 0.1) is 23.2 Å². The monoisotopic (exact) mass is 233 g/mol. The Morgan fingerprint density at radius 2 is 2.07 bits per heavy atom. The van der Waals surface area contributed by atoms with E-state index in [4.69, 9.17) is 9.32 Å². The number of hydrogen-bond acceptors (Lipinski definition) is 3. The molecule has 0 aromatic carbocycles. The lowest BCUT2D eigenvalue weighted by molar-refractivity contribution is -0.113. The van der Waals surface area contributed by atoms with Crippen molar-refractivity contribution in [2.75, 3.05) is 6.61 Å². The lowest BCUT2D eigenvalue weighted by atomic mass is 9.46. The van der Waals surface area contributed by atoms with Gasteiger partial charge in [0.05, 0.1) is 6.61 Å². The average Bonchev–Trinajstić information content (AvgIpc) is 2.13. The molecule has 4 nitrogen and oxygen atoms in total. The summed E-state index contributed by atoms with van der Waals surface area (Å²) < 4.78 is 26.1. The van der Waals surface area contributed by atoms with Crippen molar-refractivity contribution in [2.24, 2.45) is 28.3 Å². The van der Waals surface area contributed by atoms with Crippen LogP contribution >= 0.6 is 0 Å². The Morgan fingerprint density at radius 3 is 2.53 bits per heavy atom. The zero-order valence-electron chi connectivity index (χ0n) is 9.27. The van der Waals surface area contributed by atoms with E-state index in [0.29, 0.717) is 17.3 Å². The normalized spacial score (nSPS) is 38.5. The van der Waals surface area contributed by atoms with Crippen LogP contribution in [-0.4, -0.2) is 15.0 Å². The van der Waals surface area contributed by atoms with Crippen LogP contribution < -0.4 is 5.14 Å². The van der Waals surface area contributed by atoms with Crippen LogP contribution in [0.2, 0.25) is 0 Å². The molecule has 0 radical (unpaired) electrons. The first-order chi connectivity index (χ1) is 6.81. The zero-order chi connectivity index (χ0) is 11.3. The van der Waals surface area contributed by atoms with Crippen LogP contribution in [-0.2, 0) is 14.5 Å². The third kappa shape index (κ3) is 2.05. The molecule has 15 heavy (non-hydrogen) atoms. The van der Waals surface area contributed by atoms with E-state index in [-0.39, 0.29) is 6.61 Å². The molecule has 88 valence electrons. The van der Waals surface area contributed by atoms with Gasteiger partial charge >= 0.3 is 10.3 Å². The molecular formula is C10H19NO3S. The zero-order valence-corrected chi connectivity index (χ0v) is 10.1. The first-order valence-corrected chi connectivity index (χ1v) is 6.95. The van der Waals surface area contributed by atoms with Crippen molar-refractivity contribution in [1.82, 2.24) is 0 Å². The largest absolute Gasteiger partial charge is 0.333 e. The molecule has 0 aliphatic heterocycles. The number of rotatable bonds is 3. The predicted octanol–water partition coefficient (Wildman–Crippen LogP) is 1.28. The van der Waals surface area contributed by atoms with Gasteiger partial charge in [-0.05, 0) is 42.4 Å². The van der Waals surface area contributed by atoms with E-state index in [2.05, 4.69) is 13.8 Å². The van der Waals surface area contributed by atoms with E-state index >= 15 is 0 Å². The van der Waals surface area contributed by atoms with Gasteiger partial charge in [0.2, 0.25) is 0 Å². The fourth-order valence-corrected chi connectivity index (χ4v) is 3.71. The Balaban J connectivity index is 1.94. The van der Waals surface area contributed by atoms with Gasteiger partial charge in [-0.25, -0.2) is 5.14 Å². The molecule has 3 rings (SSSR count). The lowest BCUT2D eigenvalue weighted by Crippen LogP contribution is -2.53. The molecule has 1 unspecified atom stereocenters. The van der Waals surface area contributed by atoms with E-state index in [0.717, 1.165) is 12.3 Å². The van der Waals surface area contributed by atoms with Crippen molar-refractivity contribution in [3.8, 4) is 0 Å². The Labute approximate surface area is 91.4 Å². The molecule has 0 aromatic heterocycles. The van der Waals surface area contributed by atoms with Gasteiger partial charge in [-0.15, -0.1) is 0 Å². The Morgan fingerprint density at radius 1 is 1.40 bits per heavy atom. The average molecular weight is 233 g/mol. The van der Waals surface area contributed by atoms with Crippen molar-refractivity contribution >= 4 is 10.3 Å². The van der Waals surface area contributed by atoms with Gasteiger partial charge in [-0.2, -0.15) is 8.42 Å². The van der Waals surface area contributed by atoms with E-state index in [1.807, 2.05) is 0 Å². The summed E-state index contributed by atoms with van der Waals surface area (Å²) in [7, 11) is -3.77. The van der Waals surface area contributed by atoms with E-state index < -0.39 is 10.3 Å². The molecular weight excluding hydrogens is 214 g/mol. The first-order valence-electron chi connectivity index (χ1n) is 5.48. The highest BCUT2D eigenvalue weighted by Gasteiger charge is 2.54. The molecule has 3 fully saturated rings. The van der Waals surface area contributed by atoms with E-state index in [1.165, 1.54) is 12.8 Å². The molecule has 3 saturated carbocycles. The molecule has 3 atom stereocenters. The summed E-state index contributed by atoms with van der Waals surface area (Å²) in [6, 6.07) is 0. The van der Waals surface area contributed by atoms with Gasteiger partial charge in [0.15, 0.2) is 0 Å². The Hall–Kier alpha value is -0.130. The maximum atomic E-state index is 10.7. The number of nitrogens with two attached hydrogens (primary N) is 1. The molecule has 5 heteroatoms. The summed E-state index contributed by atoms with van der Waals surface area (Å²) in [5, 5.41) is 4.83. The van der Waals surface area contributed by atoms with Gasteiger partial charge in [-0.1, -0.05) is 13.8 Å². The highest BCUT2D eigenvalue weighted by atomic mass is 32.2. The third-order valence-corrected chi connectivity index (χ3v) is 4.91. The van der Waals surface area contributed by atoms with Gasteiger partial charge < -0.3 is 0 Å². The highest BCUT2D eigenvalue weighted by Crippen LogP contribution is 2.61. The van der Waals surface area contributed by atoms with Gasteiger partial charge in [0.25, 0.3) is 0 Å². The summed E-state index contributed by atoms with van der Waals surface area (Å²) >= 11 is 0. The van der Waals surface area contributed by atoms with E-state index in [1.54, 1.807) is 0 Å². The minimum Gasteiger partial charge on any atom is -0.258 e. The molecule has 3 aliphatic carbocycles. The molecule has 3 aliphatic rings. The lowest BCUT2D eigenvalue weighted by Gasteiger charge is -2.60. The quantitative estimate of drug-likeness (QED) is 0.798. The van der Waals surface area contributed by atoms with Gasteiger partial charge in [0, 0.05) is 0 Å². The second kappa shape index (κ2) is 3.43. The summed E-state index contributed by atoms with van der Waals surface area (Å²) in [5.74, 6) is 1.80. The first kappa shape index (κ1) is 11.4. The standard InChI is InChI=1S/C10H19NO3S/c1-10(2)8-4-3-7(9(10)5-8)6-14-15(11,12)13/h7-9H,3-6H2,1-2H3,(H2,11,12,13)/t7-,8+,9?/m1/s1. The van der Waals surface area contributed by atoms with Crippen LogP contribution in [0.15, 0.2) is 0 Å². The molecule has 0 saturated heterocycles. The smallest absolute Gasteiger partial charge is 0.258 e. The van der Waals surface area contributed by atoms with Crippen molar-refractivity contribution in [3.05, 3.63) is 0 Å². The van der Waals surface area contributed by atoms with Crippen molar-refractivity contribution in [1.29, 1.82) is 0 Å². The molecule has 0 heterocycles. The van der Waals surface area contributed by atoms with Crippen LogP contribution in [0.1, 0.15) is 33.1 Å². The maximum absolute atomic E-state index is 10.7. The van der Waals surface area contributed by atoms with Crippen molar-refractivity contribution in [2.45, 2.75) is 33.1 Å². The van der Waals surface area contributed by atoms with Crippen LogP contribution in [0.3, 0.4) is 0 Å². The van der Waals surface area contributed by atoms with Crippen molar-refractivity contribution < 1.29 is 12.6 Å².